The van der Waals surface area contributed by atoms with E-state index in [1.807, 2.05) is 48.5 Å². The van der Waals surface area contributed by atoms with Crippen molar-refractivity contribution in [2.24, 2.45) is 0 Å². The predicted octanol–water partition coefficient (Wildman–Crippen LogP) is 3.35. The van der Waals surface area contributed by atoms with Crippen LogP contribution in [0.25, 0.3) is 5.69 Å². The van der Waals surface area contributed by atoms with Gasteiger partial charge >= 0.3 is 0 Å². The summed E-state index contributed by atoms with van der Waals surface area (Å²) in [4.78, 5) is 12.5. The van der Waals surface area contributed by atoms with E-state index < -0.39 is 0 Å². The van der Waals surface area contributed by atoms with E-state index in [0.29, 0.717) is 10.7 Å². The monoisotopic (exact) mass is 297 g/mol. The van der Waals surface area contributed by atoms with Crippen LogP contribution in [0.2, 0.25) is 5.02 Å². The van der Waals surface area contributed by atoms with Crippen LogP contribution in [0.5, 0.6) is 0 Å². The Labute approximate surface area is 127 Å². The van der Waals surface area contributed by atoms with Gasteiger partial charge < -0.3 is 0 Å². The van der Waals surface area contributed by atoms with Gasteiger partial charge in [0.1, 0.15) is 5.69 Å². The van der Waals surface area contributed by atoms with Crippen LogP contribution in [-0.4, -0.2) is 20.8 Å². The van der Waals surface area contributed by atoms with Gasteiger partial charge in [-0.2, -0.15) is 0 Å². The Balaban J connectivity index is 1.90. The van der Waals surface area contributed by atoms with Crippen LogP contribution in [0.1, 0.15) is 16.1 Å². The van der Waals surface area contributed by atoms with Gasteiger partial charge in [0.25, 0.3) is 0 Å². The highest BCUT2D eigenvalue weighted by molar-refractivity contribution is 6.31. The summed E-state index contributed by atoms with van der Waals surface area (Å²) in [6.07, 6.45) is 1.70. The molecule has 0 atom stereocenters. The van der Waals surface area contributed by atoms with Gasteiger partial charge in [-0.05, 0) is 23.8 Å². The topological polar surface area (TPSA) is 47.8 Å². The van der Waals surface area contributed by atoms with E-state index in [0.717, 1.165) is 11.3 Å². The van der Waals surface area contributed by atoms with E-state index in [4.69, 9.17) is 11.6 Å². The average Bonchev–Trinajstić information content (AvgIpc) is 3.00. The zero-order valence-electron chi connectivity index (χ0n) is 11.1. The molecule has 0 fully saturated rings. The summed E-state index contributed by atoms with van der Waals surface area (Å²) in [6.45, 7) is 0. The minimum absolute atomic E-state index is 0.0723. The van der Waals surface area contributed by atoms with Gasteiger partial charge in [-0.25, -0.2) is 4.68 Å². The summed E-state index contributed by atoms with van der Waals surface area (Å²) in [6, 6.07) is 16.8. The second-order valence-corrected chi connectivity index (χ2v) is 4.97. The zero-order valence-corrected chi connectivity index (χ0v) is 11.9. The molecule has 0 amide bonds. The molecule has 0 bridgehead atoms. The molecule has 21 heavy (non-hydrogen) atoms. The predicted molar refractivity (Wildman–Crippen MR) is 80.8 cm³/mol. The molecule has 0 unspecified atom stereocenters. The van der Waals surface area contributed by atoms with Crippen LogP contribution in [0.15, 0.2) is 60.8 Å². The molecule has 0 saturated heterocycles. The summed E-state index contributed by atoms with van der Waals surface area (Å²) >= 11 is 6.10. The smallest absolute Gasteiger partial charge is 0.187 e. The minimum Gasteiger partial charge on any atom is -0.292 e. The maximum atomic E-state index is 12.5. The minimum atomic E-state index is -0.0723. The van der Waals surface area contributed by atoms with Crippen molar-refractivity contribution in [3.8, 4) is 5.69 Å². The van der Waals surface area contributed by atoms with Crippen LogP contribution < -0.4 is 0 Å². The van der Waals surface area contributed by atoms with Crippen molar-refractivity contribution in [1.29, 1.82) is 0 Å². The molecule has 3 rings (SSSR count). The number of nitrogens with zero attached hydrogens (tertiary/aromatic N) is 3. The Hall–Kier alpha value is -2.46. The lowest BCUT2D eigenvalue weighted by Gasteiger charge is -2.06. The number of halogens is 1. The highest BCUT2D eigenvalue weighted by atomic mass is 35.5. The van der Waals surface area contributed by atoms with E-state index in [-0.39, 0.29) is 12.2 Å². The molecule has 4 nitrogen and oxygen atoms in total. The fraction of sp³-hybridized carbons (Fsp3) is 0.0625. The molecule has 0 aliphatic heterocycles. The fourth-order valence-electron chi connectivity index (χ4n) is 2.09. The van der Waals surface area contributed by atoms with Gasteiger partial charge in [0.15, 0.2) is 5.78 Å². The quantitative estimate of drug-likeness (QED) is 0.694. The summed E-state index contributed by atoms with van der Waals surface area (Å²) in [5.74, 6) is -0.0723. The van der Waals surface area contributed by atoms with Crippen LogP contribution in [0, 0.1) is 0 Å². The van der Waals surface area contributed by atoms with Crippen LogP contribution in [-0.2, 0) is 6.42 Å². The summed E-state index contributed by atoms with van der Waals surface area (Å²) < 4.78 is 1.54. The third kappa shape index (κ3) is 2.85. The number of aromatic nitrogens is 3. The molecular weight excluding hydrogens is 286 g/mol. The third-order valence-corrected chi connectivity index (χ3v) is 3.51. The Morgan fingerprint density at radius 1 is 1.05 bits per heavy atom. The van der Waals surface area contributed by atoms with E-state index in [2.05, 4.69) is 10.3 Å². The number of benzene rings is 2. The lowest BCUT2D eigenvalue weighted by atomic mass is 10.1. The molecule has 0 saturated carbocycles. The standard InChI is InChI=1S/C16H12ClN3O/c17-14-9-5-4-6-12(14)10-16(21)15-11-18-19-20(15)13-7-2-1-3-8-13/h1-9,11H,10H2. The molecule has 0 N–H and O–H groups in total. The number of Topliss-reactive ketones (excluding diaryl/α,β-unsaturated/α-hetero) is 1. The van der Waals surface area contributed by atoms with E-state index in [1.165, 1.54) is 6.20 Å². The first-order valence-corrected chi connectivity index (χ1v) is 6.86. The van der Waals surface area contributed by atoms with Crippen molar-refractivity contribution in [2.75, 3.05) is 0 Å². The molecule has 0 radical (unpaired) electrons. The first-order valence-electron chi connectivity index (χ1n) is 6.48. The molecule has 104 valence electrons. The summed E-state index contributed by atoms with van der Waals surface area (Å²) in [5.41, 5.74) is 2.05. The molecule has 2 aromatic carbocycles. The molecule has 1 heterocycles. The first kappa shape index (κ1) is 13.5. The van der Waals surface area contributed by atoms with Gasteiger partial charge in [-0.15, -0.1) is 5.10 Å². The van der Waals surface area contributed by atoms with Crippen molar-refractivity contribution in [3.63, 3.8) is 0 Å². The average molecular weight is 298 g/mol. The van der Waals surface area contributed by atoms with Crippen molar-refractivity contribution in [1.82, 2.24) is 15.0 Å². The van der Waals surface area contributed by atoms with Crippen molar-refractivity contribution >= 4 is 17.4 Å². The Morgan fingerprint density at radius 3 is 2.52 bits per heavy atom. The first-order chi connectivity index (χ1) is 10.3. The number of hydrogen-bond donors (Lipinski definition) is 0. The number of rotatable bonds is 4. The van der Waals surface area contributed by atoms with Gasteiger partial charge in [-0.3, -0.25) is 4.79 Å². The largest absolute Gasteiger partial charge is 0.292 e. The second kappa shape index (κ2) is 5.89. The van der Waals surface area contributed by atoms with Gasteiger partial charge in [0.2, 0.25) is 0 Å². The molecule has 5 heteroatoms. The van der Waals surface area contributed by atoms with Gasteiger partial charge in [0.05, 0.1) is 11.9 Å². The lowest BCUT2D eigenvalue weighted by Crippen LogP contribution is -2.11. The van der Waals surface area contributed by atoms with Crippen molar-refractivity contribution in [2.45, 2.75) is 6.42 Å². The number of carbonyl (C=O) groups excluding carboxylic acids is 1. The molecule has 1 aromatic heterocycles. The fourth-order valence-corrected chi connectivity index (χ4v) is 2.29. The van der Waals surface area contributed by atoms with Gasteiger partial charge in [-0.1, -0.05) is 53.2 Å². The molecular formula is C16H12ClN3O. The van der Waals surface area contributed by atoms with Gasteiger partial charge in [0, 0.05) is 11.4 Å². The van der Waals surface area contributed by atoms with E-state index in [9.17, 15) is 4.79 Å². The number of para-hydroxylation sites is 1. The van der Waals surface area contributed by atoms with Crippen LogP contribution >= 0.6 is 11.6 Å². The normalized spacial score (nSPS) is 10.5. The van der Waals surface area contributed by atoms with Crippen molar-refractivity contribution < 1.29 is 4.79 Å². The molecule has 3 aromatic rings. The SMILES string of the molecule is O=C(Cc1ccccc1Cl)c1cnnn1-c1ccccc1. The molecule has 0 aliphatic rings. The van der Waals surface area contributed by atoms with Crippen LogP contribution in [0.3, 0.4) is 0 Å². The zero-order chi connectivity index (χ0) is 14.7. The Morgan fingerprint density at radius 2 is 1.76 bits per heavy atom. The highest BCUT2D eigenvalue weighted by Crippen LogP contribution is 2.18. The number of hydrogen-bond acceptors (Lipinski definition) is 3. The van der Waals surface area contributed by atoms with Crippen LogP contribution in [0.4, 0.5) is 0 Å². The third-order valence-electron chi connectivity index (χ3n) is 3.14. The summed E-state index contributed by atoms with van der Waals surface area (Å²) in [5, 5.41) is 8.41. The highest BCUT2D eigenvalue weighted by Gasteiger charge is 2.16. The molecule has 0 aliphatic carbocycles. The van der Waals surface area contributed by atoms with Crippen molar-refractivity contribution in [3.05, 3.63) is 77.1 Å². The second-order valence-electron chi connectivity index (χ2n) is 4.56. The Kier molecular flexibility index (Phi) is 3.79. The summed E-state index contributed by atoms with van der Waals surface area (Å²) in [7, 11) is 0. The lowest BCUT2D eigenvalue weighted by molar-refractivity contribution is 0.0985. The van der Waals surface area contributed by atoms with E-state index >= 15 is 0 Å². The number of ketones is 1. The number of carbonyl (C=O) groups is 1. The Bertz CT molecular complexity index is 768. The maximum absolute atomic E-state index is 12.5. The molecule has 0 spiro atoms. The maximum Gasteiger partial charge on any atom is 0.187 e. The van der Waals surface area contributed by atoms with E-state index in [1.54, 1.807) is 10.7 Å².